The van der Waals surface area contributed by atoms with E-state index >= 15 is 0 Å². The number of nitrogen functional groups attached to an aromatic ring is 1. The van der Waals surface area contributed by atoms with Crippen LogP contribution in [0, 0.1) is 5.92 Å². The maximum atomic E-state index is 6.13. The third-order valence-electron chi connectivity index (χ3n) is 3.98. The Morgan fingerprint density at radius 3 is 2.52 bits per heavy atom. The average molecular weight is 289 g/mol. The Kier molecular flexibility index (Phi) is 3.40. The molecule has 7 heteroatoms. The first-order valence-electron chi connectivity index (χ1n) is 6.95. The molecule has 21 heavy (non-hydrogen) atoms. The van der Waals surface area contributed by atoms with Gasteiger partial charge in [0.15, 0.2) is 17.3 Å². The van der Waals surface area contributed by atoms with Crippen molar-refractivity contribution >= 4 is 5.69 Å². The zero-order valence-corrected chi connectivity index (χ0v) is 12.4. The summed E-state index contributed by atoms with van der Waals surface area (Å²) < 4.78 is 12.4. The highest BCUT2D eigenvalue weighted by atomic mass is 16.5. The number of nitrogens with two attached hydrogens (primary N) is 1. The van der Waals surface area contributed by atoms with Crippen molar-refractivity contribution in [3.05, 3.63) is 12.1 Å². The molecule has 1 aromatic heterocycles. The first kappa shape index (κ1) is 13.7. The van der Waals surface area contributed by atoms with Crippen LogP contribution in [0.2, 0.25) is 0 Å². The summed E-state index contributed by atoms with van der Waals surface area (Å²) in [5.41, 5.74) is 7.44. The number of rotatable bonds is 5. The third kappa shape index (κ3) is 2.39. The zero-order chi connectivity index (χ0) is 15.0. The van der Waals surface area contributed by atoms with Crippen LogP contribution >= 0.6 is 0 Å². The van der Waals surface area contributed by atoms with Gasteiger partial charge in [0.2, 0.25) is 0 Å². The highest BCUT2D eigenvalue weighted by molar-refractivity contribution is 5.75. The second-order valence-electron chi connectivity index (χ2n) is 5.32. The Morgan fingerprint density at radius 1 is 1.24 bits per heavy atom. The number of benzene rings is 1. The van der Waals surface area contributed by atoms with Crippen LogP contribution in [0.15, 0.2) is 12.1 Å². The van der Waals surface area contributed by atoms with Gasteiger partial charge in [0.1, 0.15) is 0 Å². The van der Waals surface area contributed by atoms with Gasteiger partial charge in [-0.1, -0.05) is 0 Å². The maximum absolute atomic E-state index is 6.13. The quantitative estimate of drug-likeness (QED) is 0.846. The predicted molar refractivity (Wildman–Crippen MR) is 78.2 cm³/mol. The fourth-order valence-electron chi connectivity index (χ4n) is 2.51. The van der Waals surface area contributed by atoms with E-state index < -0.39 is 0 Å². The number of ether oxygens (including phenoxy) is 2. The lowest BCUT2D eigenvalue weighted by atomic mass is 10.1. The van der Waals surface area contributed by atoms with E-state index in [0.29, 0.717) is 28.9 Å². The molecular formula is C14H19N5O2. The van der Waals surface area contributed by atoms with Crippen molar-refractivity contribution in [2.24, 2.45) is 5.92 Å². The SMILES string of the molecule is COc1cc(N)c(-c2nnnn2C(C)C2CC2)cc1OC. The summed E-state index contributed by atoms with van der Waals surface area (Å²) in [5.74, 6) is 2.50. The van der Waals surface area contributed by atoms with Crippen molar-refractivity contribution in [3.8, 4) is 22.9 Å². The predicted octanol–water partition coefficient (Wildman–Crippen LogP) is 1.91. The molecule has 0 amide bonds. The molecule has 1 aromatic carbocycles. The second-order valence-corrected chi connectivity index (χ2v) is 5.32. The van der Waals surface area contributed by atoms with Gasteiger partial charge in [-0.15, -0.1) is 5.10 Å². The molecule has 1 fully saturated rings. The summed E-state index contributed by atoms with van der Waals surface area (Å²) in [5, 5.41) is 12.1. The van der Waals surface area contributed by atoms with Gasteiger partial charge in [0.05, 0.1) is 20.3 Å². The Balaban J connectivity index is 2.06. The topological polar surface area (TPSA) is 88.1 Å². The minimum atomic E-state index is 0.266. The molecule has 1 aliphatic carbocycles. The van der Waals surface area contributed by atoms with Gasteiger partial charge < -0.3 is 15.2 Å². The van der Waals surface area contributed by atoms with Gasteiger partial charge in [-0.25, -0.2) is 4.68 Å². The minimum absolute atomic E-state index is 0.266. The Bertz CT molecular complexity index is 651. The van der Waals surface area contributed by atoms with E-state index in [4.69, 9.17) is 15.2 Å². The van der Waals surface area contributed by atoms with E-state index in [0.717, 1.165) is 5.56 Å². The summed E-state index contributed by atoms with van der Waals surface area (Å²) in [6, 6.07) is 3.81. The monoisotopic (exact) mass is 289 g/mol. The summed E-state index contributed by atoms with van der Waals surface area (Å²) in [4.78, 5) is 0. The lowest BCUT2D eigenvalue weighted by Crippen LogP contribution is -2.11. The van der Waals surface area contributed by atoms with Crippen molar-refractivity contribution in [2.75, 3.05) is 20.0 Å². The molecule has 0 saturated heterocycles. The maximum Gasteiger partial charge on any atom is 0.184 e. The van der Waals surface area contributed by atoms with E-state index in [1.54, 1.807) is 20.3 Å². The van der Waals surface area contributed by atoms with Gasteiger partial charge in [0, 0.05) is 17.3 Å². The summed E-state index contributed by atoms with van der Waals surface area (Å²) in [6.45, 7) is 2.13. The molecule has 1 saturated carbocycles. The van der Waals surface area contributed by atoms with Crippen LogP contribution in [0.25, 0.3) is 11.4 Å². The van der Waals surface area contributed by atoms with Crippen molar-refractivity contribution in [3.63, 3.8) is 0 Å². The molecule has 1 unspecified atom stereocenters. The molecule has 112 valence electrons. The smallest absolute Gasteiger partial charge is 0.184 e. The molecular weight excluding hydrogens is 270 g/mol. The number of nitrogens with zero attached hydrogens (tertiary/aromatic N) is 4. The second kappa shape index (κ2) is 5.23. The molecule has 1 aliphatic rings. The van der Waals surface area contributed by atoms with Gasteiger partial charge in [0.25, 0.3) is 0 Å². The highest BCUT2D eigenvalue weighted by Gasteiger charge is 2.32. The van der Waals surface area contributed by atoms with Crippen molar-refractivity contribution in [1.29, 1.82) is 0 Å². The van der Waals surface area contributed by atoms with E-state index in [2.05, 4.69) is 22.4 Å². The molecule has 1 atom stereocenters. The molecule has 3 rings (SSSR count). The fourth-order valence-corrected chi connectivity index (χ4v) is 2.51. The molecule has 7 nitrogen and oxygen atoms in total. The van der Waals surface area contributed by atoms with E-state index in [-0.39, 0.29) is 6.04 Å². The van der Waals surface area contributed by atoms with Gasteiger partial charge in [-0.05, 0) is 42.2 Å². The largest absolute Gasteiger partial charge is 0.493 e. The van der Waals surface area contributed by atoms with Gasteiger partial charge in [-0.3, -0.25) is 0 Å². The van der Waals surface area contributed by atoms with Crippen LogP contribution in [-0.2, 0) is 0 Å². The molecule has 0 spiro atoms. The number of aromatic nitrogens is 4. The molecule has 2 N–H and O–H groups in total. The number of hydrogen-bond acceptors (Lipinski definition) is 6. The Hall–Kier alpha value is -2.31. The van der Waals surface area contributed by atoms with Crippen molar-refractivity contribution in [2.45, 2.75) is 25.8 Å². The average Bonchev–Trinajstić information content (AvgIpc) is 3.23. The summed E-state index contributed by atoms with van der Waals surface area (Å²) >= 11 is 0. The molecule has 0 aliphatic heterocycles. The van der Waals surface area contributed by atoms with Crippen molar-refractivity contribution in [1.82, 2.24) is 20.2 Å². The van der Waals surface area contributed by atoms with Gasteiger partial charge in [-0.2, -0.15) is 0 Å². The van der Waals surface area contributed by atoms with E-state index in [9.17, 15) is 0 Å². The first-order chi connectivity index (χ1) is 10.2. The standard InChI is InChI=1S/C14H19N5O2/c1-8(9-4-5-9)19-14(16-17-18-19)10-6-12(20-2)13(21-3)7-11(10)15/h6-9H,4-5,15H2,1-3H3. The summed E-state index contributed by atoms with van der Waals surface area (Å²) in [6.07, 6.45) is 2.45. The van der Waals surface area contributed by atoms with Gasteiger partial charge >= 0.3 is 0 Å². The Morgan fingerprint density at radius 2 is 1.90 bits per heavy atom. The lowest BCUT2D eigenvalue weighted by Gasteiger charge is -2.15. The molecule has 1 heterocycles. The summed E-state index contributed by atoms with van der Waals surface area (Å²) in [7, 11) is 3.17. The van der Waals surface area contributed by atoms with Crippen LogP contribution in [-0.4, -0.2) is 34.4 Å². The van der Waals surface area contributed by atoms with Crippen LogP contribution in [0.5, 0.6) is 11.5 Å². The van der Waals surface area contributed by atoms with Crippen LogP contribution in [0.3, 0.4) is 0 Å². The zero-order valence-electron chi connectivity index (χ0n) is 12.4. The third-order valence-corrected chi connectivity index (χ3v) is 3.98. The number of anilines is 1. The molecule has 0 bridgehead atoms. The number of tetrazole rings is 1. The highest BCUT2D eigenvalue weighted by Crippen LogP contribution is 2.42. The molecule has 2 aromatic rings. The number of hydrogen-bond donors (Lipinski definition) is 1. The fraction of sp³-hybridized carbons (Fsp3) is 0.500. The first-order valence-corrected chi connectivity index (χ1v) is 6.95. The van der Waals surface area contributed by atoms with Crippen LogP contribution < -0.4 is 15.2 Å². The van der Waals surface area contributed by atoms with Crippen LogP contribution in [0.1, 0.15) is 25.8 Å². The van der Waals surface area contributed by atoms with E-state index in [1.165, 1.54) is 12.8 Å². The molecule has 0 radical (unpaired) electrons. The normalized spacial score (nSPS) is 15.8. The lowest BCUT2D eigenvalue weighted by molar-refractivity contribution is 0.355. The van der Waals surface area contributed by atoms with E-state index in [1.807, 2.05) is 10.7 Å². The number of methoxy groups -OCH3 is 2. The Labute approximate surface area is 123 Å². The minimum Gasteiger partial charge on any atom is -0.493 e. The van der Waals surface area contributed by atoms with Crippen molar-refractivity contribution < 1.29 is 9.47 Å². The van der Waals surface area contributed by atoms with Crippen LogP contribution in [0.4, 0.5) is 5.69 Å².